The van der Waals surface area contributed by atoms with Crippen LogP contribution in [0.5, 0.6) is 0 Å². The lowest BCUT2D eigenvalue weighted by molar-refractivity contribution is -0.137. The number of rotatable bonds is 4. The van der Waals surface area contributed by atoms with Gasteiger partial charge in [0.15, 0.2) is 0 Å². The van der Waals surface area contributed by atoms with Crippen molar-refractivity contribution in [1.29, 1.82) is 0 Å². The molecule has 0 N–H and O–H groups in total. The Kier molecular flexibility index (Phi) is 4.14. The van der Waals surface area contributed by atoms with E-state index < -0.39 is 0 Å². The van der Waals surface area contributed by atoms with E-state index in [-0.39, 0.29) is 11.2 Å². The van der Waals surface area contributed by atoms with Crippen LogP contribution in [0.1, 0.15) is 6.42 Å². The molecule has 1 saturated heterocycles. The Labute approximate surface area is 162 Å². The normalized spacial score (nSPS) is 16.7. The van der Waals surface area contributed by atoms with Crippen LogP contribution in [-0.4, -0.2) is 33.0 Å². The van der Waals surface area contributed by atoms with E-state index in [9.17, 15) is 4.79 Å². The van der Waals surface area contributed by atoms with Gasteiger partial charge in [0.1, 0.15) is 5.25 Å². The van der Waals surface area contributed by atoms with Crippen molar-refractivity contribution in [3.63, 3.8) is 0 Å². The van der Waals surface area contributed by atoms with E-state index in [0.29, 0.717) is 24.1 Å². The van der Waals surface area contributed by atoms with Gasteiger partial charge >= 0.3 is 5.97 Å². The molecule has 0 aliphatic carbocycles. The number of carbonyl (C=O) groups excluding carboxylic acids is 1. The van der Waals surface area contributed by atoms with Crippen LogP contribution in [-0.2, 0) is 9.53 Å². The molecule has 0 amide bonds. The number of carbonyl (C=O) groups is 1. The molecule has 0 spiro atoms. The van der Waals surface area contributed by atoms with Gasteiger partial charge in [0.2, 0.25) is 5.89 Å². The zero-order valence-electron chi connectivity index (χ0n) is 14.0. The molecule has 5 rings (SSSR count). The van der Waals surface area contributed by atoms with Gasteiger partial charge in [0, 0.05) is 11.8 Å². The van der Waals surface area contributed by atoms with Gasteiger partial charge in [-0.3, -0.25) is 4.79 Å². The molecule has 1 atom stereocenters. The molecule has 1 aromatic carbocycles. The van der Waals surface area contributed by atoms with E-state index in [1.165, 1.54) is 11.8 Å². The maximum Gasteiger partial charge on any atom is 0.319 e. The lowest BCUT2D eigenvalue weighted by atomic mass is 10.1. The SMILES string of the molecule is O=C1OCCC1Sc1nnc(-c2cc(-c3cccs3)nc3ccccc23)o1. The fourth-order valence-electron chi connectivity index (χ4n) is 2.98. The topological polar surface area (TPSA) is 78.1 Å². The summed E-state index contributed by atoms with van der Waals surface area (Å²) in [7, 11) is 0. The Morgan fingerprint density at radius 3 is 2.89 bits per heavy atom. The third-order valence-corrected chi connectivity index (χ3v) is 6.23. The molecule has 1 unspecified atom stereocenters. The van der Waals surface area contributed by atoms with Crippen molar-refractivity contribution in [2.45, 2.75) is 16.9 Å². The summed E-state index contributed by atoms with van der Waals surface area (Å²) in [5.74, 6) is 0.189. The molecule has 0 radical (unpaired) electrons. The van der Waals surface area contributed by atoms with Crippen LogP contribution in [0.3, 0.4) is 0 Å². The second kappa shape index (κ2) is 6.79. The lowest BCUT2D eigenvalue weighted by Crippen LogP contribution is -2.09. The number of benzene rings is 1. The second-order valence-corrected chi connectivity index (χ2v) is 8.09. The van der Waals surface area contributed by atoms with E-state index in [4.69, 9.17) is 14.1 Å². The molecule has 134 valence electrons. The predicted octanol–water partition coefficient (Wildman–Crippen LogP) is 4.42. The summed E-state index contributed by atoms with van der Waals surface area (Å²) >= 11 is 2.88. The van der Waals surface area contributed by atoms with Crippen LogP contribution in [0.4, 0.5) is 0 Å². The molecule has 1 fully saturated rings. The number of aromatic nitrogens is 3. The second-order valence-electron chi connectivity index (χ2n) is 5.99. The number of para-hydroxylation sites is 1. The molecule has 3 aromatic heterocycles. The Hall–Kier alpha value is -2.71. The predicted molar refractivity (Wildman–Crippen MR) is 104 cm³/mol. The molecule has 27 heavy (non-hydrogen) atoms. The first-order valence-electron chi connectivity index (χ1n) is 8.39. The number of esters is 1. The minimum absolute atomic E-state index is 0.228. The number of ether oxygens (including phenoxy) is 1. The first kappa shape index (κ1) is 16.5. The zero-order valence-corrected chi connectivity index (χ0v) is 15.6. The smallest absolute Gasteiger partial charge is 0.319 e. The minimum Gasteiger partial charge on any atom is -0.465 e. The Morgan fingerprint density at radius 2 is 2.07 bits per heavy atom. The molecular weight excluding hydrogens is 382 g/mol. The van der Waals surface area contributed by atoms with Gasteiger partial charge in [0.25, 0.3) is 5.22 Å². The molecule has 6 nitrogen and oxygen atoms in total. The monoisotopic (exact) mass is 395 g/mol. The third-order valence-electron chi connectivity index (χ3n) is 4.26. The number of cyclic esters (lactones) is 1. The van der Waals surface area contributed by atoms with Crippen molar-refractivity contribution in [2.24, 2.45) is 0 Å². The van der Waals surface area contributed by atoms with Crippen molar-refractivity contribution >= 4 is 40.0 Å². The Morgan fingerprint density at radius 1 is 1.15 bits per heavy atom. The fourth-order valence-corrected chi connectivity index (χ4v) is 4.50. The number of thioether (sulfide) groups is 1. The summed E-state index contributed by atoms with van der Waals surface area (Å²) in [6, 6.07) is 13.9. The molecule has 0 bridgehead atoms. The van der Waals surface area contributed by atoms with Gasteiger partial charge in [0.05, 0.1) is 28.3 Å². The summed E-state index contributed by atoms with van der Waals surface area (Å²) in [6.45, 7) is 0.441. The van der Waals surface area contributed by atoms with Crippen molar-refractivity contribution in [1.82, 2.24) is 15.2 Å². The highest BCUT2D eigenvalue weighted by molar-refractivity contribution is 8.00. The summed E-state index contributed by atoms with van der Waals surface area (Å²) in [4.78, 5) is 17.5. The van der Waals surface area contributed by atoms with E-state index >= 15 is 0 Å². The van der Waals surface area contributed by atoms with Crippen LogP contribution in [0.15, 0.2) is 57.5 Å². The molecule has 1 aliphatic heterocycles. The Bertz CT molecular complexity index is 1120. The maximum absolute atomic E-state index is 11.7. The van der Waals surface area contributed by atoms with Gasteiger partial charge < -0.3 is 9.15 Å². The molecule has 1 aliphatic rings. The first-order chi connectivity index (χ1) is 13.3. The van der Waals surface area contributed by atoms with Crippen molar-refractivity contribution in [3.8, 4) is 22.0 Å². The Balaban J connectivity index is 1.57. The van der Waals surface area contributed by atoms with Gasteiger partial charge in [-0.2, -0.15) is 0 Å². The average Bonchev–Trinajstić information content (AvgIpc) is 3.44. The standard InChI is InChI=1S/C19H13N3O3S2/c23-18-16(7-8-24-18)27-19-22-21-17(25-19)12-10-14(15-6-3-9-26-15)20-13-5-2-1-4-11(12)13/h1-6,9-10,16H,7-8H2. The number of pyridine rings is 1. The van der Waals surface area contributed by atoms with E-state index in [1.807, 2.05) is 47.8 Å². The number of thiophene rings is 1. The number of hydrogen-bond acceptors (Lipinski definition) is 8. The quantitative estimate of drug-likeness (QED) is 0.473. The summed E-state index contributed by atoms with van der Waals surface area (Å²) in [5, 5.41) is 11.4. The summed E-state index contributed by atoms with van der Waals surface area (Å²) < 4.78 is 10.9. The molecule has 4 heterocycles. The van der Waals surface area contributed by atoms with Crippen LogP contribution in [0.25, 0.3) is 32.9 Å². The zero-order chi connectivity index (χ0) is 18.2. The number of hydrogen-bond donors (Lipinski definition) is 0. The summed E-state index contributed by atoms with van der Waals surface area (Å²) in [5.41, 5.74) is 2.56. The highest BCUT2D eigenvalue weighted by Crippen LogP contribution is 2.35. The van der Waals surface area contributed by atoms with Gasteiger partial charge in [-0.1, -0.05) is 24.3 Å². The molecule has 0 saturated carbocycles. The lowest BCUT2D eigenvalue weighted by Gasteiger charge is -2.06. The highest BCUT2D eigenvalue weighted by Gasteiger charge is 2.29. The van der Waals surface area contributed by atoms with Gasteiger partial charge in [-0.15, -0.1) is 21.5 Å². The van der Waals surface area contributed by atoms with E-state index in [0.717, 1.165) is 27.0 Å². The summed E-state index contributed by atoms with van der Waals surface area (Å²) in [6.07, 6.45) is 0.655. The maximum atomic E-state index is 11.7. The molecular formula is C19H13N3O3S2. The van der Waals surface area contributed by atoms with Crippen molar-refractivity contribution in [3.05, 3.63) is 47.8 Å². The molecule has 4 aromatic rings. The number of nitrogens with zero attached hydrogens (tertiary/aromatic N) is 3. The van der Waals surface area contributed by atoms with Gasteiger partial charge in [-0.05, 0) is 35.3 Å². The fraction of sp³-hybridized carbons (Fsp3) is 0.158. The third kappa shape index (κ3) is 3.11. The van der Waals surface area contributed by atoms with Gasteiger partial charge in [-0.25, -0.2) is 4.98 Å². The van der Waals surface area contributed by atoms with Crippen LogP contribution in [0.2, 0.25) is 0 Å². The largest absolute Gasteiger partial charge is 0.465 e. The van der Waals surface area contributed by atoms with Crippen LogP contribution >= 0.6 is 23.1 Å². The van der Waals surface area contributed by atoms with E-state index in [2.05, 4.69) is 10.2 Å². The minimum atomic E-state index is -0.283. The molecule has 8 heteroatoms. The van der Waals surface area contributed by atoms with Crippen LogP contribution in [0, 0.1) is 0 Å². The van der Waals surface area contributed by atoms with Crippen molar-refractivity contribution < 1.29 is 13.9 Å². The highest BCUT2D eigenvalue weighted by atomic mass is 32.2. The number of fused-ring (bicyclic) bond motifs is 1. The van der Waals surface area contributed by atoms with Crippen LogP contribution < -0.4 is 0 Å². The average molecular weight is 395 g/mol. The van der Waals surface area contributed by atoms with Crippen molar-refractivity contribution in [2.75, 3.05) is 6.61 Å². The van der Waals surface area contributed by atoms with E-state index in [1.54, 1.807) is 11.3 Å². The first-order valence-corrected chi connectivity index (χ1v) is 10.1.